The van der Waals surface area contributed by atoms with Crippen molar-refractivity contribution in [3.63, 3.8) is 0 Å². The van der Waals surface area contributed by atoms with Crippen molar-refractivity contribution in [2.75, 3.05) is 16.8 Å². The lowest BCUT2D eigenvalue weighted by Crippen LogP contribution is -2.55. The van der Waals surface area contributed by atoms with Crippen LogP contribution in [0.5, 0.6) is 0 Å². The molecule has 168 valence electrons. The highest BCUT2D eigenvalue weighted by Gasteiger charge is 2.63. The molecule has 0 spiro atoms. The molecule has 3 saturated heterocycles. The number of hydrogen-bond donors (Lipinski definition) is 1. The number of likely N-dealkylation sites (tertiary alicyclic amines) is 1. The number of urea groups is 2. The topological polar surface area (TPSA) is 96.7 Å². The lowest BCUT2D eigenvalue weighted by Gasteiger charge is -2.34. The number of fused-ring (bicyclic) bond motifs is 5. The van der Waals surface area contributed by atoms with Gasteiger partial charge in [0.1, 0.15) is 12.1 Å². The van der Waals surface area contributed by atoms with Gasteiger partial charge in [-0.25, -0.2) is 14.5 Å². The average molecular weight is 529 g/mol. The number of rotatable bonds is 2. The lowest BCUT2D eigenvalue weighted by atomic mass is 10.1. The second kappa shape index (κ2) is 7.75. The Kier molecular flexibility index (Phi) is 5.10. The first-order chi connectivity index (χ1) is 15.7. The van der Waals surface area contributed by atoms with Crippen LogP contribution in [0.4, 0.5) is 21.0 Å². The summed E-state index contributed by atoms with van der Waals surface area (Å²) in [4.78, 5) is 44.0. The molecule has 33 heavy (non-hydrogen) atoms. The van der Waals surface area contributed by atoms with Gasteiger partial charge in [-0.3, -0.25) is 4.79 Å². The normalized spacial score (nSPS) is 23.2. The van der Waals surface area contributed by atoms with E-state index in [1.165, 1.54) is 6.07 Å². The van der Waals surface area contributed by atoms with E-state index in [0.717, 1.165) is 14.9 Å². The molecular formula is C23H19BrClN5O3. The van der Waals surface area contributed by atoms with Crippen molar-refractivity contribution in [3.8, 4) is 6.07 Å². The average Bonchev–Trinajstić information content (AvgIpc) is 3.45. The summed E-state index contributed by atoms with van der Waals surface area (Å²) in [7, 11) is 0. The minimum Gasteiger partial charge on any atom is -0.317 e. The van der Waals surface area contributed by atoms with Gasteiger partial charge >= 0.3 is 12.1 Å². The van der Waals surface area contributed by atoms with Crippen molar-refractivity contribution >= 4 is 56.9 Å². The van der Waals surface area contributed by atoms with E-state index in [0.29, 0.717) is 29.9 Å². The molecule has 1 N–H and O–H groups in total. The van der Waals surface area contributed by atoms with Crippen molar-refractivity contribution in [3.05, 3.63) is 56.5 Å². The van der Waals surface area contributed by atoms with Gasteiger partial charge in [0.2, 0.25) is 0 Å². The molecule has 3 heterocycles. The lowest BCUT2D eigenvalue weighted by molar-refractivity contribution is -0.120. The maximum Gasteiger partial charge on any atom is 0.332 e. The van der Waals surface area contributed by atoms with Crippen LogP contribution in [0.3, 0.4) is 0 Å². The molecule has 10 heteroatoms. The number of nitrogens with one attached hydrogen (secondary N) is 1. The zero-order valence-electron chi connectivity index (χ0n) is 17.8. The number of hydrogen-bond acceptors (Lipinski definition) is 4. The fourth-order valence-electron chi connectivity index (χ4n) is 5.03. The molecular weight excluding hydrogens is 510 g/mol. The minimum absolute atomic E-state index is 0.219. The molecule has 3 fully saturated rings. The molecule has 0 aromatic heterocycles. The number of piperazine rings is 1. The number of benzene rings is 2. The van der Waals surface area contributed by atoms with Crippen LogP contribution in [-0.2, 0) is 4.79 Å². The van der Waals surface area contributed by atoms with Gasteiger partial charge < -0.3 is 15.1 Å². The predicted octanol–water partition coefficient (Wildman–Crippen LogP) is 4.42. The number of carbonyl (C=O) groups is 3. The van der Waals surface area contributed by atoms with Crippen molar-refractivity contribution in [1.82, 2.24) is 9.80 Å². The molecule has 8 nitrogen and oxygen atoms in total. The number of imide groups is 1. The number of aryl methyl sites for hydroxylation is 1. The second-order valence-electron chi connectivity index (χ2n) is 8.49. The van der Waals surface area contributed by atoms with Crippen molar-refractivity contribution in [2.24, 2.45) is 0 Å². The standard InChI is InChI=1S/C23H19BrClN5O3/c1-11-7-14(4-5-16(11)24)27-22(32)28-10-15-8-18(28)20-21(31)30(23(33)29(15)20)17-6-3-13(9-26)19(25)12(17)2/h3-7,15,18,20H,8,10H2,1-2H3,(H,27,32)/t15-,18?,20+/m1/s1. The molecule has 3 aliphatic rings. The van der Waals surface area contributed by atoms with Crippen LogP contribution in [0, 0.1) is 25.2 Å². The monoisotopic (exact) mass is 527 g/mol. The molecule has 0 aliphatic carbocycles. The van der Waals surface area contributed by atoms with E-state index in [4.69, 9.17) is 11.6 Å². The Hall–Kier alpha value is -3.09. The first-order valence-corrected chi connectivity index (χ1v) is 11.6. The number of anilines is 2. The van der Waals surface area contributed by atoms with Crippen molar-refractivity contribution < 1.29 is 14.4 Å². The summed E-state index contributed by atoms with van der Waals surface area (Å²) in [6, 6.07) is 8.54. The Bertz CT molecular complexity index is 1280. The first kappa shape index (κ1) is 21.7. The minimum atomic E-state index is -0.734. The number of carbonyl (C=O) groups excluding carboxylic acids is 3. The Morgan fingerprint density at radius 1 is 1.24 bits per heavy atom. The summed E-state index contributed by atoms with van der Waals surface area (Å²) in [5, 5.41) is 12.3. The molecule has 3 atom stereocenters. The highest BCUT2D eigenvalue weighted by atomic mass is 79.9. The Morgan fingerprint density at radius 3 is 2.70 bits per heavy atom. The van der Waals surface area contributed by atoms with E-state index < -0.39 is 18.1 Å². The van der Waals surface area contributed by atoms with Gasteiger partial charge in [-0.05, 0) is 61.7 Å². The zero-order valence-corrected chi connectivity index (χ0v) is 20.1. The van der Waals surface area contributed by atoms with E-state index in [1.54, 1.807) is 28.9 Å². The Balaban J connectivity index is 1.40. The molecule has 1 unspecified atom stereocenters. The molecule has 5 amide bonds. The van der Waals surface area contributed by atoms with E-state index in [9.17, 15) is 19.6 Å². The van der Waals surface area contributed by atoms with Gasteiger partial charge in [0.15, 0.2) is 0 Å². The molecule has 0 saturated carbocycles. The fraction of sp³-hybridized carbons (Fsp3) is 0.304. The summed E-state index contributed by atoms with van der Waals surface area (Å²) in [5.41, 5.74) is 2.79. The van der Waals surface area contributed by atoms with Crippen LogP contribution in [-0.4, -0.2) is 52.4 Å². The third-order valence-corrected chi connectivity index (χ3v) is 8.03. The number of amides is 5. The van der Waals surface area contributed by atoms with Gasteiger partial charge in [0.05, 0.1) is 28.4 Å². The van der Waals surface area contributed by atoms with Gasteiger partial charge in [-0.1, -0.05) is 27.5 Å². The highest BCUT2D eigenvalue weighted by molar-refractivity contribution is 9.10. The summed E-state index contributed by atoms with van der Waals surface area (Å²) in [6.45, 7) is 3.98. The third kappa shape index (κ3) is 3.20. The Morgan fingerprint density at radius 2 is 2.00 bits per heavy atom. The largest absolute Gasteiger partial charge is 0.332 e. The first-order valence-electron chi connectivity index (χ1n) is 10.4. The SMILES string of the molecule is Cc1cc(NC(=O)N2C[C@H]3CC2[C@H]2C(=O)N(c4ccc(C#N)c(Cl)c4C)C(=O)N32)ccc1Br. The van der Waals surface area contributed by atoms with E-state index >= 15 is 0 Å². The smallest absolute Gasteiger partial charge is 0.317 e. The van der Waals surface area contributed by atoms with E-state index in [1.807, 2.05) is 25.1 Å². The summed E-state index contributed by atoms with van der Waals surface area (Å²) in [5.74, 6) is -0.381. The van der Waals surface area contributed by atoms with E-state index in [-0.39, 0.29) is 28.6 Å². The van der Waals surface area contributed by atoms with Gasteiger partial charge in [0, 0.05) is 16.7 Å². The van der Waals surface area contributed by atoms with Crippen LogP contribution in [0.1, 0.15) is 23.1 Å². The van der Waals surface area contributed by atoms with Gasteiger partial charge in [-0.2, -0.15) is 5.26 Å². The van der Waals surface area contributed by atoms with Crippen LogP contribution in [0.25, 0.3) is 0 Å². The van der Waals surface area contributed by atoms with Gasteiger partial charge in [-0.15, -0.1) is 0 Å². The maximum absolute atomic E-state index is 13.4. The third-order valence-electron chi connectivity index (χ3n) is 6.65. The second-order valence-corrected chi connectivity index (χ2v) is 9.73. The highest BCUT2D eigenvalue weighted by Crippen LogP contribution is 2.43. The number of nitriles is 1. The van der Waals surface area contributed by atoms with E-state index in [2.05, 4.69) is 21.2 Å². The summed E-state index contributed by atoms with van der Waals surface area (Å²) < 4.78 is 0.949. The van der Waals surface area contributed by atoms with Crippen LogP contribution >= 0.6 is 27.5 Å². The van der Waals surface area contributed by atoms with Crippen LogP contribution in [0.15, 0.2) is 34.8 Å². The quantitative estimate of drug-likeness (QED) is 0.584. The molecule has 2 bridgehead atoms. The van der Waals surface area contributed by atoms with Crippen LogP contribution < -0.4 is 10.2 Å². The maximum atomic E-state index is 13.4. The summed E-state index contributed by atoms with van der Waals surface area (Å²) >= 11 is 9.72. The Labute approximate surface area is 203 Å². The molecule has 0 radical (unpaired) electrons. The molecule has 5 rings (SSSR count). The van der Waals surface area contributed by atoms with Gasteiger partial charge in [0.25, 0.3) is 5.91 Å². The molecule has 2 aromatic rings. The van der Waals surface area contributed by atoms with Crippen molar-refractivity contribution in [1.29, 1.82) is 5.26 Å². The van der Waals surface area contributed by atoms with Crippen molar-refractivity contribution in [2.45, 2.75) is 38.4 Å². The zero-order chi connectivity index (χ0) is 23.6. The molecule has 3 aliphatic heterocycles. The predicted molar refractivity (Wildman–Crippen MR) is 126 cm³/mol. The number of nitrogens with zero attached hydrogens (tertiary/aromatic N) is 4. The number of halogens is 2. The molecule has 2 aromatic carbocycles. The van der Waals surface area contributed by atoms with Crippen LogP contribution in [0.2, 0.25) is 5.02 Å². The summed E-state index contributed by atoms with van der Waals surface area (Å²) in [6.07, 6.45) is 0.565. The fourth-order valence-corrected chi connectivity index (χ4v) is 5.48.